The zero-order valence-corrected chi connectivity index (χ0v) is 23.7. The number of ether oxygens (including phenoxy) is 3. The van der Waals surface area contributed by atoms with Crippen molar-refractivity contribution in [3.8, 4) is 0 Å². The first-order valence-corrected chi connectivity index (χ1v) is 13.2. The normalized spacial score (nSPS) is 22.1. The fourth-order valence-corrected chi connectivity index (χ4v) is 3.98. The quantitative estimate of drug-likeness (QED) is 0.613. The molecule has 0 aliphatic carbocycles. The molecule has 0 amide bonds. The first kappa shape index (κ1) is 30.8. The molecule has 0 aromatic heterocycles. The van der Waals surface area contributed by atoms with E-state index in [9.17, 15) is 0 Å². The monoisotopic (exact) mass is 471 g/mol. The molecule has 33 heavy (non-hydrogen) atoms. The second-order valence-electron chi connectivity index (χ2n) is 13.0. The summed E-state index contributed by atoms with van der Waals surface area (Å²) in [5, 5.41) is 0. The van der Waals surface area contributed by atoms with E-state index < -0.39 is 0 Å². The lowest BCUT2D eigenvalue weighted by Crippen LogP contribution is -2.47. The third-order valence-corrected chi connectivity index (χ3v) is 6.04. The van der Waals surface area contributed by atoms with Crippen LogP contribution in [0.2, 0.25) is 0 Å². The van der Waals surface area contributed by atoms with Crippen molar-refractivity contribution in [2.75, 3.05) is 92.0 Å². The Morgan fingerprint density at radius 1 is 0.515 bits per heavy atom. The summed E-state index contributed by atoms with van der Waals surface area (Å²) in [4.78, 5) is 7.43. The molecule has 3 rings (SSSR count). The van der Waals surface area contributed by atoms with Crippen molar-refractivity contribution in [2.45, 2.75) is 74.3 Å². The van der Waals surface area contributed by atoms with Gasteiger partial charge in [0.15, 0.2) is 0 Å². The van der Waals surface area contributed by atoms with Crippen LogP contribution in [-0.2, 0) is 14.2 Å². The summed E-state index contributed by atoms with van der Waals surface area (Å²) >= 11 is 0. The summed E-state index contributed by atoms with van der Waals surface area (Å²) in [6, 6.07) is 0. The maximum absolute atomic E-state index is 5.29. The van der Waals surface area contributed by atoms with Crippen LogP contribution >= 0.6 is 0 Å². The lowest BCUT2D eigenvalue weighted by atomic mass is 9.92. The van der Waals surface area contributed by atoms with Crippen LogP contribution in [0.3, 0.4) is 0 Å². The molecular formula is C27H57N3O3. The Hall–Kier alpha value is -0.240. The van der Waals surface area contributed by atoms with Gasteiger partial charge in [-0.1, -0.05) is 41.5 Å². The molecule has 6 nitrogen and oxygen atoms in total. The zero-order valence-electron chi connectivity index (χ0n) is 23.7. The average Bonchev–Trinajstić information content (AvgIpc) is 2.73. The molecule has 3 aliphatic rings. The highest BCUT2D eigenvalue weighted by Gasteiger charge is 2.22. The maximum atomic E-state index is 5.29. The number of hydrogen-bond donors (Lipinski definition) is 0. The van der Waals surface area contributed by atoms with Crippen LogP contribution in [0, 0.1) is 10.8 Å². The van der Waals surface area contributed by atoms with Crippen LogP contribution in [0.15, 0.2) is 0 Å². The largest absolute Gasteiger partial charge is 0.379 e. The van der Waals surface area contributed by atoms with Gasteiger partial charge in [-0.05, 0) is 44.6 Å². The number of hydrogen-bond acceptors (Lipinski definition) is 6. The summed E-state index contributed by atoms with van der Waals surface area (Å²) in [5.41, 5.74) is 1.22. The van der Waals surface area contributed by atoms with E-state index in [0.717, 1.165) is 78.9 Å². The summed E-state index contributed by atoms with van der Waals surface area (Å²) < 4.78 is 15.8. The van der Waals surface area contributed by atoms with Gasteiger partial charge in [-0.3, -0.25) is 14.7 Å². The highest BCUT2D eigenvalue weighted by molar-refractivity contribution is 4.77. The lowest BCUT2D eigenvalue weighted by Gasteiger charge is -2.38. The van der Waals surface area contributed by atoms with Crippen molar-refractivity contribution in [1.82, 2.24) is 14.7 Å². The van der Waals surface area contributed by atoms with Gasteiger partial charge in [0, 0.05) is 51.4 Å². The predicted octanol–water partition coefficient (Wildman–Crippen LogP) is 4.24. The molecule has 3 saturated heterocycles. The Labute approximate surface area is 206 Å². The third kappa shape index (κ3) is 16.9. The molecule has 3 heterocycles. The molecular weight excluding hydrogens is 414 g/mol. The summed E-state index contributed by atoms with van der Waals surface area (Å²) in [5.74, 6) is 0. The van der Waals surface area contributed by atoms with Gasteiger partial charge in [-0.15, -0.1) is 0 Å². The smallest absolute Gasteiger partial charge is 0.0594 e. The lowest BCUT2D eigenvalue weighted by molar-refractivity contribution is -0.00389. The highest BCUT2D eigenvalue weighted by atomic mass is 16.5. The molecule has 198 valence electrons. The minimum absolute atomic E-state index is 0.323. The maximum Gasteiger partial charge on any atom is 0.0594 e. The molecule has 0 aromatic carbocycles. The summed E-state index contributed by atoms with van der Waals surface area (Å²) in [7, 11) is 0. The Morgan fingerprint density at radius 2 is 0.909 bits per heavy atom. The molecule has 6 heteroatoms. The minimum atomic E-state index is 0.323. The standard InChI is InChI=1S/C10H21NO.C9H19NO.C8H17NO/c1-10(2,3)4-5-11-6-8-12-9-7-11;1-9(2,3)8-10-4-6-11-7-5-10;1-8(2,3)9-4-6-10-7-5-9/h4-9H2,1-3H3;4-8H2,1-3H3;4-7H2,1-3H3. The van der Waals surface area contributed by atoms with Crippen LogP contribution in [-0.4, -0.2) is 112 Å². The van der Waals surface area contributed by atoms with E-state index in [1.807, 2.05) is 0 Å². The Bertz CT molecular complexity index is 476. The van der Waals surface area contributed by atoms with Crippen molar-refractivity contribution >= 4 is 0 Å². The number of nitrogens with zero attached hydrogens (tertiary/aromatic N) is 3. The molecule has 0 spiro atoms. The van der Waals surface area contributed by atoms with Crippen LogP contribution in [0.5, 0.6) is 0 Å². The van der Waals surface area contributed by atoms with Crippen molar-refractivity contribution in [3.63, 3.8) is 0 Å². The van der Waals surface area contributed by atoms with E-state index >= 15 is 0 Å². The predicted molar refractivity (Wildman–Crippen MR) is 140 cm³/mol. The molecule has 0 unspecified atom stereocenters. The molecule has 0 N–H and O–H groups in total. The Balaban J connectivity index is 0.000000249. The van der Waals surface area contributed by atoms with Gasteiger partial charge in [-0.25, -0.2) is 0 Å². The van der Waals surface area contributed by atoms with Crippen LogP contribution in [0.25, 0.3) is 0 Å². The fraction of sp³-hybridized carbons (Fsp3) is 1.00. The van der Waals surface area contributed by atoms with E-state index in [1.165, 1.54) is 19.5 Å². The SMILES string of the molecule is CC(C)(C)CCN1CCOCC1.CC(C)(C)CN1CCOCC1.CC(C)(C)N1CCOCC1. The molecule has 3 fully saturated rings. The first-order chi connectivity index (χ1) is 15.3. The number of morpholine rings is 3. The van der Waals surface area contributed by atoms with Crippen molar-refractivity contribution in [1.29, 1.82) is 0 Å². The van der Waals surface area contributed by atoms with Gasteiger partial charge in [0.05, 0.1) is 39.6 Å². The second-order valence-corrected chi connectivity index (χ2v) is 13.0. The fourth-order valence-electron chi connectivity index (χ4n) is 3.98. The van der Waals surface area contributed by atoms with E-state index in [2.05, 4.69) is 77.0 Å². The van der Waals surface area contributed by atoms with Crippen molar-refractivity contribution < 1.29 is 14.2 Å². The van der Waals surface area contributed by atoms with Gasteiger partial charge < -0.3 is 14.2 Å². The Morgan fingerprint density at radius 3 is 1.24 bits per heavy atom. The summed E-state index contributed by atoms with van der Waals surface area (Å²) in [6.45, 7) is 35.0. The van der Waals surface area contributed by atoms with Crippen LogP contribution in [0.4, 0.5) is 0 Å². The van der Waals surface area contributed by atoms with E-state index in [1.54, 1.807) is 0 Å². The molecule has 0 radical (unpaired) electrons. The first-order valence-electron chi connectivity index (χ1n) is 13.2. The van der Waals surface area contributed by atoms with E-state index in [4.69, 9.17) is 14.2 Å². The topological polar surface area (TPSA) is 37.4 Å². The summed E-state index contributed by atoms with van der Waals surface area (Å²) in [6.07, 6.45) is 1.28. The second kappa shape index (κ2) is 15.0. The third-order valence-electron chi connectivity index (χ3n) is 6.04. The zero-order chi connectivity index (χ0) is 25.0. The number of rotatable bonds is 3. The van der Waals surface area contributed by atoms with E-state index in [-0.39, 0.29) is 0 Å². The molecule has 0 bridgehead atoms. The van der Waals surface area contributed by atoms with Gasteiger partial charge in [0.25, 0.3) is 0 Å². The minimum Gasteiger partial charge on any atom is -0.379 e. The van der Waals surface area contributed by atoms with Crippen molar-refractivity contribution in [3.05, 3.63) is 0 Å². The molecule has 3 aliphatic heterocycles. The van der Waals surface area contributed by atoms with Gasteiger partial charge in [-0.2, -0.15) is 0 Å². The van der Waals surface area contributed by atoms with E-state index in [0.29, 0.717) is 16.4 Å². The van der Waals surface area contributed by atoms with Gasteiger partial charge in [0.1, 0.15) is 0 Å². The average molecular weight is 472 g/mol. The Kier molecular flexibility index (Phi) is 14.0. The molecule has 0 atom stereocenters. The van der Waals surface area contributed by atoms with Crippen LogP contribution < -0.4 is 0 Å². The van der Waals surface area contributed by atoms with Gasteiger partial charge in [0.2, 0.25) is 0 Å². The molecule has 0 saturated carbocycles. The van der Waals surface area contributed by atoms with Gasteiger partial charge >= 0.3 is 0 Å². The van der Waals surface area contributed by atoms with Crippen molar-refractivity contribution in [2.24, 2.45) is 10.8 Å². The van der Waals surface area contributed by atoms with Crippen LogP contribution in [0.1, 0.15) is 68.7 Å². The highest BCUT2D eigenvalue weighted by Crippen LogP contribution is 2.19. The molecule has 0 aromatic rings.